The van der Waals surface area contributed by atoms with Crippen LogP contribution in [0, 0.1) is 0 Å². The Morgan fingerprint density at radius 3 is 2.39 bits per heavy atom. The second-order valence-corrected chi connectivity index (χ2v) is 13.0. The first-order chi connectivity index (χ1) is 24.5. The quantitative estimate of drug-likeness (QED) is 0.0890. The topological polar surface area (TPSA) is 209 Å². The fourth-order valence-electron chi connectivity index (χ4n) is 6.54. The zero-order chi connectivity index (χ0) is 36.4. The van der Waals surface area contributed by atoms with E-state index in [1.165, 1.54) is 0 Å². The van der Waals surface area contributed by atoms with E-state index in [2.05, 4.69) is 10.6 Å². The van der Waals surface area contributed by atoms with Gasteiger partial charge >= 0.3 is 0 Å². The number of carbonyl (C=O) groups is 3. The first-order valence-electron chi connectivity index (χ1n) is 16.5. The number of hydrogen-bond donors (Lipinski definition) is 7. The first-order valence-corrected chi connectivity index (χ1v) is 17.0. The number of carbonyl (C=O) groups excluding carboxylic acids is 3. The number of ether oxygens (including phenoxy) is 2. The van der Waals surface area contributed by atoms with Gasteiger partial charge in [0.1, 0.15) is 35.9 Å². The highest BCUT2D eigenvalue weighted by Gasteiger charge is 2.45. The third kappa shape index (κ3) is 7.52. The molecular formula is C36H40ClN5O9. The molecule has 1 aromatic heterocycles. The number of anilines is 4. The second-order valence-electron chi connectivity index (χ2n) is 12.7. The number of fused-ring (bicyclic) bond motifs is 3. The summed E-state index contributed by atoms with van der Waals surface area (Å²) in [6.45, 7) is -0.301. The molecule has 1 saturated heterocycles. The van der Waals surface area contributed by atoms with E-state index in [-0.39, 0.29) is 54.5 Å². The van der Waals surface area contributed by atoms with E-state index in [1.807, 2.05) is 18.2 Å². The summed E-state index contributed by atoms with van der Waals surface area (Å²) in [6, 6.07) is 17.3. The molecule has 3 heterocycles. The lowest BCUT2D eigenvalue weighted by atomic mass is 9.95. The summed E-state index contributed by atoms with van der Waals surface area (Å²) < 4.78 is 13.3. The van der Waals surface area contributed by atoms with Crippen molar-refractivity contribution in [1.82, 2.24) is 4.57 Å². The Hall–Kier alpha value is -4.70. The molecule has 270 valence electrons. The number of benzene rings is 3. The van der Waals surface area contributed by atoms with Gasteiger partial charge in [-0.3, -0.25) is 14.4 Å². The van der Waals surface area contributed by atoms with Gasteiger partial charge in [-0.2, -0.15) is 0 Å². The van der Waals surface area contributed by atoms with Crippen LogP contribution in [0.25, 0.3) is 10.8 Å². The summed E-state index contributed by atoms with van der Waals surface area (Å²) in [5.41, 5.74) is 9.05. The monoisotopic (exact) mass is 721 g/mol. The fraction of sp³-hybridized carbons (Fsp3) is 0.361. The number of nitrogens with two attached hydrogens (primary N) is 1. The SMILES string of the molecule is Cn1cc(NC(=O)CCCC(=O)N2C[C@@H](CCl)c3c2cc(O[C@H]2O[C@H](CO)[C@H](O)[C@H](O)[C@H]2O)c2ccccc32)cc1C(=O)Nc1ccc(N)cc1. The van der Waals surface area contributed by atoms with Crippen LogP contribution >= 0.6 is 11.6 Å². The molecule has 6 atom stereocenters. The largest absolute Gasteiger partial charge is 0.461 e. The van der Waals surface area contributed by atoms with Gasteiger partial charge in [-0.05, 0) is 47.7 Å². The number of hydrogen-bond acceptors (Lipinski definition) is 10. The summed E-state index contributed by atoms with van der Waals surface area (Å²) in [6.07, 6.45) is -5.38. The number of nitrogens with zero attached hydrogens (tertiary/aromatic N) is 2. The molecule has 0 unspecified atom stereocenters. The minimum Gasteiger partial charge on any atom is -0.461 e. The Morgan fingerprint density at radius 1 is 0.961 bits per heavy atom. The number of amides is 3. The van der Waals surface area contributed by atoms with Gasteiger partial charge < -0.3 is 55.7 Å². The summed E-state index contributed by atoms with van der Waals surface area (Å²) in [4.78, 5) is 40.9. The van der Waals surface area contributed by atoms with E-state index in [1.54, 1.807) is 65.2 Å². The molecule has 51 heavy (non-hydrogen) atoms. The van der Waals surface area contributed by atoms with Crippen LogP contribution in [0.4, 0.5) is 22.7 Å². The van der Waals surface area contributed by atoms with Crippen LogP contribution in [0.1, 0.15) is 41.2 Å². The van der Waals surface area contributed by atoms with Crippen LogP contribution < -0.4 is 26.0 Å². The van der Waals surface area contributed by atoms with Crippen LogP contribution in [-0.2, 0) is 21.4 Å². The molecule has 0 bridgehead atoms. The van der Waals surface area contributed by atoms with Gasteiger partial charge in [0.15, 0.2) is 0 Å². The van der Waals surface area contributed by atoms with Gasteiger partial charge in [0.05, 0.1) is 18.0 Å². The van der Waals surface area contributed by atoms with Crippen LogP contribution in [0.3, 0.4) is 0 Å². The van der Waals surface area contributed by atoms with Crippen LogP contribution in [-0.4, -0.2) is 92.5 Å². The van der Waals surface area contributed by atoms with E-state index in [0.29, 0.717) is 40.4 Å². The number of alkyl halides is 1. The number of halogens is 1. The van der Waals surface area contributed by atoms with Gasteiger partial charge in [0, 0.05) is 67.3 Å². The number of rotatable bonds is 11. The predicted molar refractivity (Wildman–Crippen MR) is 191 cm³/mol. The van der Waals surface area contributed by atoms with E-state index in [4.69, 9.17) is 26.8 Å². The molecule has 0 aliphatic carbocycles. The summed E-state index contributed by atoms with van der Waals surface area (Å²) >= 11 is 6.40. The molecule has 0 spiro atoms. The van der Waals surface area contributed by atoms with Crippen molar-refractivity contribution >= 4 is 62.8 Å². The van der Waals surface area contributed by atoms with Crippen molar-refractivity contribution in [3.63, 3.8) is 0 Å². The number of aryl methyl sites for hydroxylation is 1. The highest BCUT2D eigenvalue weighted by atomic mass is 35.5. The van der Waals surface area contributed by atoms with E-state index < -0.39 is 37.3 Å². The third-order valence-corrected chi connectivity index (χ3v) is 9.56. The van der Waals surface area contributed by atoms with Crippen molar-refractivity contribution in [2.24, 2.45) is 7.05 Å². The first kappa shape index (κ1) is 36.1. The highest BCUT2D eigenvalue weighted by Crippen LogP contribution is 2.46. The normalized spacial score (nSPS) is 22.8. The maximum absolute atomic E-state index is 13.7. The Labute approximate surface area is 298 Å². The average molecular weight is 722 g/mol. The summed E-state index contributed by atoms with van der Waals surface area (Å²) in [7, 11) is 1.69. The third-order valence-electron chi connectivity index (χ3n) is 9.19. The highest BCUT2D eigenvalue weighted by molar-refractivity contribution is 6.19. The van der Waals surface area contributed by atoms with Crippen molar-refractivity contribution in [3.05, 3.63) is 78.1 Å². The number of aliphatic hydroxyl groups excluding tert-OH is 4. The van der Waals surface area contributed by atoms with Crippen molar-refractivity contribution in [1.29, 1.82) is 0 Å². The predicted octanol–water partition coefficient (Wildman–Crippen LogP) is 2.67. The van der Waals surface area contributed by atoms with Gasteiger partial charge in [-0.25, -0.2) is 0 Å². The lowest BCUT2D eigenvalue weighted by Crippen LogP contribution is -2.60. The van der Waals surface area contributed by atoms with Gasteiger partial charge in [-0.1, -0.05) is 24.3 Å². The lowest BCUT2D eigenvalue weighted by molar-refractivity contribution is -0.277. The van der Waals surface area contributed by atoms with Crippen molar-refractivity contribution in [2.75, 3.05) is 40.3 Å². The van der Waals surface area contributed by atoms with E-state index >= 15 is 0 Å². The smallest absolute Gasteiger partial charge is 0.272 e. The molecule has 1 fully saturated rings. The van der Waals surface area contributed by atoms with Gasteiger partial charge in [0.25, 0.3) is 5.91 Å². The molecule has 0 radical (unpaired) electrons. The molecule has 8 N–H and O–H groups in total. The van der Waals surface area contributed by atoms with Crippen molar-refractivity contribution in [2.45, 2.75) is 55.9 Å². The molecule has 15 heteroatoms. The Kier molecular flexibility index (Phi) is 10.8. The average Bonchev–Trinajstić information content (AvgIpc) is 3.69. The Balaban J connectivity index is 1.12. The molecule has 2 aliphatic rings. The summed E-state index contributed by atoms with van der Waals surface area (Å²) in [5, 5.41) is 47.8. The molecule has 2 aliphatic heterocycles. The Bertz CT molecular complexity index is 1920. The molecule has 3 aromatic carbocycles. The summed E-state index contributed by atoms with van der Waals surface area (Å²) in [5.74, 6) is -0.598. The molecule has 4 aromatic rings. The number of aliphatic hydroxyl groups is 4. The standard InChI is InChI=1S/C36H40ClN5O9/c1-41-17-22(13-26(41)35(49)40-21-11-9-20(38)10-12-21)39-29(44)7-4-8-30(45)42-16-19(15-37)31-24-6-3-2-5-23(24)27(14-25(31)42)50-36-34(48)33(47)32(46)28(18-43)51-36/h2-3,5-6,9-14,17,19,28,32-34,36,43,46-48H,4,7-8,15-16,18,38H2,1H3,(H,39,44)(H,40,49)/t19-,28-,32+,33+,34-,36+/m1/s1. The minimum atomic E-state index is -1.62. The maximum Gasteiger partial charge on any atom is 0.272 e. The molecule has 14 nitrogen and oxygen atoms in total. The zero-order valence-corrected chi connectivity index (χ0v) is 28.5. The lowest BCUT2D eigenvalue weighted by Gasteiger charge is -2.39. The molecular weight excluding hydrogens is 682 g/mol. The van der Waals surface area contributed by atoms with Crippen molar-refractivity contribution < 1.29 is 44.3 Å². The fourth-order valence-corrected chi connectivity index (χ4v) is 6.79. The molecule has 6 rings (SSSR count). The number of nitrogen functional groups attached to an aromatic ring is 1. The van der Waals surface area contributed by atoms with Crippen LogP contribution in [0.15, 0.2) is 66.9 Å². The van der Waals surface area contributed by atoms with Crippen molar-refractivity contribution in [3.8, 4) is 5.75 Å². The zero-order valence-electron chi connectivity index (χ0n) is 27.7. The molecule has 3 amide bonds. The van der Waals surface area contributed by atoms with Crippen LogP contribution in [0.5, 0.6) is 5.75 Å². The van der Waals surface area contributed by atoms with Gasteiger partial charge in [0.2, 0.25) is 18.1 Å². The number of aromatic nitrogens is 1. The molecule has 0 saturated carbocycles. The van der Waals surface area contributed by atoms with Crippen LogP contribution in [0.2, 0.25) is 0 Å². The van der Waals surface area contributed by atoms with E-state index in [0.717, 1.165) is 10.9 Å². The second kappa shape index (κ2) is 15.3. The minimum absolute atomic E-state index is 0.0520. The Morgan fingerprint density at radius 2 is 1.69 bits per heavy atom. The van der Waals surface area contributed by atoms with Gasteiger partial charge in [-0.15, -0.1) is 11.6 Å². The van der Waals surface area contributed by atoms with E-state index in [9.17, 15) is 34.8 Å². The number of nitrogens with one attached hydrogen (secondary N) is 2. The maximum atomic E-state index is 13.7.